The Morgan fingerprint density at radius 3 is 2.78 bits per heavy atom. The number of fused-ring (bicyclic) bond motifs is 1. The summed E-state index contributed by atoms with van der Waals surface area (Å²) >= 11 is 0. The van der Waals surface area contributed by atoms with Crippen LogP contribution in [-0.4, -0.2) is 55.6 Å². The van der Waals surface area contributed by atoms with Crippen LogP contribution in [0.5, 0.6) is 0 Å². The predicted octanol–water partition coefficient (Wildman–Crippen LogP) is 1.66. The van der Waals surface area contributed by atoms with Crippen molar-refractivity contribution in [3.63, 3.8) is 0 Å². The van der Waals surface area contributed by atoms with Gasteiger partial charge in [0.15, 0.2) is 11.5 Å². The number of nitrogen functional groups attached to an aromatic ring is 1. The molecule has 27 heavy (non-hydrogen) atoms. The molecule has 3 aromatic rings. The van der Waals surface area contributed by atoms with Crippen LogP contribution in [0.3, 0.4) is 0 Å². The summed E-state index contributed by atoms with van der Waals surface area (Å²) in [5.74, 6) is 0.287. The second-order valence-corrected chi connectivity index (χ2v) is 6.83. The van der Waals surface area contributed by atoms with Crippen molar-refractivity contribution in [2.45, 2.75) is 31.9 Å². The first-order valence-electron chi connectivity index (χ1n) is 8.80. The largest absolute Gasteiger partial charge is 0.391 e. The molecule has 0 bridgehead atoms. The molecule has 0 aliphatic heterocycles. The van der Waals surface area contributed by atoms with Crippen molar-refractivity contribution in [3.8, 4) is 0 Å². The lowest BCUT2D eigenvalue weighted by molar-refractivity contribution is 0.0827. The fraction of sp³-hybridized carbons (Fsp3) is 0.368. The van der Waals surface area contributed by atoms with Crippen molar-refractivity contribution < 1.29 is 9.90 Å². The number of nitrogens with two attached hydrogens (primary N) is 1. The molecular formula is C19H24N6O2. The van der Waals surface area contributed by atoms with E-state index in [0.29, 0.717) is 35.4 Å². The van der Waals surface area contributed by atoms with Gasteiger partial charge >= 0.3 is 0 Å². The number of benzene rings is 1. The summed E-state index contributed by atoms with van der Waals surface area (Å²) in [7, 11) is 3.46. The van der Waals surface area contributed by atoms with E-state index in [1.165, 1.54) is 6.33 Å². The number of aromatic nitrogens is 4. The molecule has 142 valence electrons. The normalized spacial score (nSPS) is 13.5. The zero-order chi connectivity index (χ0) is 19.6. The summed E-state index contributed by atoms with van der Waals surface area (Å²) < 4.78 is 1.84. The van der Waals surface area contributed by atoms with E-state index < -0.39 is 6.10 Å². The first-order valence-corrected chi connectivity index (χ1v) is 8.80. The van der Waals surface area contributed by atoms with E-state index in [0.717, 1.165) is 5.56 Å². The van der Waals surface area contributed by atoms with Gasteiger partial charge in [-0.25, -0.2) is 15.0 Å². The van der Waals surface area contributed by atoms with Gasteiger partial charge in [-0.1, -0.05) is 12.1 Å². The van der Waals surface area contributed by atoms with E-state index in [-0.39, 0.29) is 11.9 Å². The molecule has 0 unspecified atom stereocenters. The van der Waals surface area contributed by atoms with Crippen LogP contribution >= 0.6 is 0 Å². The van der Waals surface area contributed by atoms with Crippen molar-refractivity contribution in [2.75, 3.05) is 19.8 Å². The number of nitrogens with zero attached hydrogens (tertiary/aromatic N) is 5. The Morgan fingerprint density at radius 2 is 2.07 bits per heavy atom. The van der Waals surface area contributed by atoms with E-state index >= 15 is 0 Å². The molecule has 3 N–H and O–H groups in total. The number of carbonyl (C=O) groups is 1. The van der Waals surface area contributed by atoms with Crippen molar-refractivity contribution in [1.29, 1.82) is 0 Å². The zero-order valence-electron chi connectivity index (χ0n) is 15.7. The minimum atomic E-state index is -0.606. The number of aryl methyl sites for hydroxylation is 1. The number of hydrogen-bond donors (Lipinski definition) is 2. The summed E-state index contributed by atoms with van der Waals surface area (Å²) in [5, 5.41) is 10.3. The Labute approximate surface area is 157 Å². The van der Waals surface area contributed by atoms with E-state index in [1.807, 2.05) is 22.8 Å². The number of carbonyl (C=O) groups excluding carboxylic acids is 1. The van der Waals surface area contributed by atoms with Crippen molar-refractivity contribution in [3.05, 3.63) is 48.0 Å². The summed E-state index contributed by atoms with van der Waals surface area (Å²) in [6, 6.07) is 7.34. The van der Waals surface area contributed by atoms with Crippen LogP contribution in [0.4, 0.5) is 5.82 Å². The molecule has 1 aromatic carbocycles. The minimum Gasteiger partial charge on any atom is -0.391 e. The quantitative estimate of drug-likeness (QED) is 0.685. The number of aliphatic hydroxyl groups excluding tert-OH is 1. The molecular weight excluding hydrogens is 344 g/mol. The van der Waals surface area contributed by atoms with Gasteiger partial charge in [-0.05, 0) is 37.5 Å². The van der Waals surface area contributed by atoms with E-state index in [2.05, 4.69) is 15.0 Å². The first kappa shape index (κ1) is 18.8. The van der Waals surface area contributed by atoms with Gasteiger partial charge in [0.1, 0.15) is 11.8 Å². The number of anilines is 1. The molecule has 2 heterocycles. The Balaban J connectivity index is 1.83. The van der Waals surface area contributed by atoms with E-state index in [1.54, 1.807) is 38.3 Å². The van der Waals surface area contributed by atoms with Crippen LogP contribution < -0.4 is 5.73 Å². The molecule has 2 aromatic heterocycles. The third-order valence-electron chi connectivity index (χ3n) is 4.61. The number of aliphatic hydroxyl groups is 1. The van der Waals surface area contributed by atoms with E-state index in [4.69, 9.17) is 5.73 Å². The van der Waals surface area contributed by atoms with Gasteiger partial charge in [-0.3, -0.25) is 4.79 Å². The second-order valence-electron chi connectivity index (χ2n) is 6.83. The fourth-order valence-corrected chi connectivity index (χ4v) is 3.16. The maximum absolute atomic E-state index is 12.2. The molecule has 3 rings (SSSR count). The molecule has 8 heteroatoms. The molecule has 0 fully saturated rings. The number of rotatable bonds is 6. The SMILES string of the molecule is C[C@H](O)[C@@H](CCc1cccc(C(=O)N(C)C)c1)n1cnc2c(N)ncnc21. The minimum absolute atomic E-state index is 0.0308. The Kier molecular flexibility index (Phi) is 5.36. The van der Waals surface area contributed by atoms with Crippen LogP contribution in [-0.2, 0) is 6.42 Å². The lowest BCUT2D eigenvalue weighted by atomic mass is 10.00. The summed E-state index contributed by atoms with van der Waals surface area (Å²) in [6.07, 6.45) is 3.78. The maximum atomic E-state index is 12.2. The Morgan fingerprint density at radius 1 is 1.30 bits per heavy atom. The highest BCUT2D eigenvalue weighted by molar-refractivity contribution is 5.94. The molecule has 8 nitrogen and oxygen atoms in total. The molecule has 0 spiro atoms. The van der Waals surface area contributed by atoms with Gasteiger partial charge in [-0.15, -0.1) is 0 Å². The van der Waals surface area contributed by atoms with Gasteiger partial charge in [-0.2, -0.15) is 0 Å². The third-order valence-corrected chi connectivity index (χ3v) is 4.61. The van der Waals surface area contributed by atoms with Gasteiger partial charge < -0.3 is 20.3 Å². The van der Waals surface area contributed by atoms with Gasteiger partial charge in [0.2, 0.25) is 0 Å². The average Bonchev–Trinajstić information content (AvgIpc) is 3.06. The smallest absolute Gasteiger partial charge is 0.253 e. The standard InChI is InChI=1S/C19H24N6O2/c1-12(26)15(25-11-23-16-17(20)21-10-22-18(16)25)8-7-13-5-4-6-14(9-13)19(27)24(2)3/h4-6,9-12,15,26H,7-8H2,1-3H3,(H2,20,21,22)/t12-,15+/m0/s1. The molecule has 0 saturated carbocycles. The van der Waals surface area contributed by atoms with Crippen LogP contribution in [0.1, 0.15) is 35.3 Å². The molecule has 0 aliphatic rings. The topological polar surface area (TPSA) is 110 Å². The van der Waals surface area contributed by atoms with E-state index in [9.17, 15) is 9.90 Å². The van der Waals surface area contributed by atoms with Gasteiger partial charge in [0, 0.05) is 19.7 Å². The van der Waals surface area contributed by atoms with Crippen LogP contribution in [0, 0.1) is 0 Å². The Bertz CT molecular complexity index is 950. The number of hydrogen-bond acceptors (Lipinski definition) is 6. The van der Waals surface area contributed by atoms with Crippen molar-refractivity contribution >= 4 is 22.9 Å². The van der Waals surface area contributed by atoms with Crippen LogP contribution in [0.15, 0.2) is 36.9 Å². The highest BCUT2D eigenvalue weighted by Crippen LogP contribution is 2.25. The fourth-order valence-electron chi connectivity index (χ4n) is 3.16. The first-order chi connectivity index (χ1) is 12.9. The highest BCUT2D eigenvalue weighted by atomic mass is 16.3. The monoisotopic (exact) mass is 368 g/mol. The van der Waals surface area contributed by atoms with Crippen molar-refractivity contribution in [2.24, 2.45) is 0 Å². The molecule has 2 atom stereocenters. The predicted molar refractivity (Wildman–Crippen MR) is 103 cm³/mol. The van der Waals surface area contributed by atoms with Crippen LogP contribution in [0.2, 0.25) is 0 Å². The number of amides is 1. The van der Waals surface area contributed by atoms with Crippen LogP contribution in [0.25, 0.3) is 11.2 Å². The van der Waals surface area contributed by atoms with Gasteiger partial charge in [0.05, 0.1) is 18.5 Å². The summed E-state index contributed by atoms with van der Waals surface area (Å²) in [4.78, 5) is 26.2. The van der Waals surface area contributed by atoms with Gasteiger partial charge in [0.25, 0.3) is 5.91 Å². The summed E-state index contributed by atoms with van der Waals surface area (Å²) in [5.41, 5.74) is 8.67. The summed E-state index contributed by atoms with van der Waals surface area (Å²) in [6.45, 7) is 1.74. The second kappa shape index (κ2) is 7.71. The molecule has 0 saturated heterocycles. The highest BCUT2D eigenvalue weighted by Gasteiger charge is 2.21. The molecule has 1 amide bonds. The Hall–Kier alpha value is -3.00. The maximum Gasteiger partial charge on any atom is 0.253 e. The molecule has 0 radical (unpaired) electrons. The molecule has 0 aliphatic carbocycles. The zero-order valence-corrected chi connectivity index (χ0v) is 15.7. The average molecular weight is 368 g/mol. The van der Waals surface area contributed by atoms with Crippen molar-refractivity contribution in [1.82, 2.24) is 24.4 Å². The lowest BCUT2D eigenvalue weighted by Crippen LogP contribution is -2.22. The third kappa shape index (κ3) is 3.90. The lowest BCUT2D eigenvalue weighted by Gasteiger charge is -2.22. The number of imidazole rings is 1.